The van der Waals surface area contributed by atoms with E-state index in [1.54, 1.807) is 14.2 Å². The molecule has 3 nitrogen and oxygen atoms in total. The molecule has 0 aliphatic carbocycles. The van der Waals surface area contributed by atoms with E-state index in [1.165, 1.54) is 0 Å². The lowest BCUT2D eigenvalue weighted by Crippen LogP contribution is -2.17. The third-order valence-corrected chi connectivity index (χ3v) is 0.928. The molecule has 0 aliphatic rings. The Bertz CT molecular complexity index is 45.7. The van der Waals surface area contributed by atoms with Gasteiger partial charge in [-0.2, -0.15) is 0 Å². The molecule has 0 saturated heterocycles. The first-order chi connectivity index (χ1) is 3.85. The minimum absolute atomic E-state index is 0.125. The predicted octanol–water partition coefficient (Wildman–Crippen LogP) is -0.0459. The number of ether oxygens (including phenoxy) is 2. The molecule has 50 valence electrons. The van der Waals surface area contributed by atoms with Crippen molar-refractivity contribution in [1.82, 2.24) is 0 Å². The highest BCUT2D eigenvalue weighted by atomic mass is 16.7. The molecule has 0 aromatic rings. The van der Waals surface area contributed by atoms with Crippen LogP contribution in [0.5, 0.6) is 0 Å². The van der Waals surface area contributed by atoms with E-state index in [1.807, 2.05) is 0 Å². The van der Waals surface area contributed by atoms with Gasteiger partial charge in [0, 0.05) is 20.6 Å². The Morgan fingerprint density at radius 2 is 1.88 bits per heavy atom. The molecule has 3 heteroatoms. The highest BCUT2D eigenvalue weighted by molar-refractivity contribution is 4.41. The van der Waals surface area contributed by atoms with Crippen LogP contribution in [0.15, 0.2) is 0 Å². The largest absolute Gasteiger partial charge is 0.356 e. The van der Waals surface area contributed by atoms with Crippen LogP contribution in [0.4, 0.5) is 0 Å². The summed E-state index contributed by atoms with van der Waals surface area (Å²) in [4.78, 5) is 0. The van der Waals surface area contributed by atoms with E-state index in [0.29, 0.717) is 6.54 Å². The molecular formula is C5H13NO2. The first kappa shape index (κ1) is 7.88. The molecule has 0 rings (SSSR count). The molecule has 0 bridgehead atoms. The summed E-state index contributed by atoms with van der Waals surface area (Å²) in [7, 11) is 3.20. The molecule has 0 amide bonds. The van der Waals surface area contributed by atoms with Crippen molar-refractivity contribution in [3.8, 4) is 0 Å². The molecule has 0 aromatic heterocycles. The van der Waals surface area contributed by atoms with Crippen LogP contribution in [-0.4, -0.2) is 27.1 Å². The second kappa shape index (κ2) is 5.03. The molecular weight excluding hydrogens is 106 g/mol. The van der Waals surface area contributed by atoms with Crippen molar-refractivity contribution in [2.24, 2.45) is 5.73 Å². The van der Waals surface area contributed by atoms with Gasteiger partial charge in [-0.05, 0) is 6.54 Å². The maximum absolute atomic E-state index is 5.22. The third kappa shape index (κ3) is 2.96. The predicted molar refractivity (Wildman–Crippen MR) is 31.5 cm³/mol. The molecule has 0 aliphatic heterocycles. The van der Waals surface area contributed by atoms with Crippen molar-refractivity contribution in [2.45, 2.75) is 12.7 Å². The minimum atomic E-state index is -0.125. The van der Waals surface area contributed by atoms with Gasteiger partial charge in [0.2, 0.25) is 0 Å². The summed E-state index contributed by atoms with van der Waals surface area (Å²) in [5.74, 6) is 0. The third-order valence-electron chi connectivity index (χ3n) is 0.928. The van der Waals surface area contributed by atoms with Crippen molar-refractivity contribution in [3.05, 3.63) is 0 Å². The van der Waals surface area contributed by atoms with Crippen molar-refractivity contribution < 1.29 is 9.47 Å². The van der Waals surface area contributed by atoms with Crippen LogP contribution in [0.2, 0.25) is 0 Å². The quantitative estimate of drug-likeness (QED) is 0.528. The summed E-state index contributed by atoms with van der Waals surface area (Å²) >= 11 is 0. The average molecular weight is 119 g/mol. The van der Waals surface area contributed by atoms with Crippen molar-refractivity contribution in [2.75, 3.05) is 20.8 Å². The summed E-state index contributed by atoms with van der Waals surface area (Å²) in [5, 5.41) is 0. The lowest BCUT2D eigenvalue weighted by atomic mass is 10.4. The zero-order valence-electron chi connectivity index (χ0n) is 5.39. The number of hydrogen-bond donors (Lipinski definition) is 1. The Morgan fingerprint density at radius 1 is 1.38 bits per heavy atom. The van der Waals surface area contributed by atoms with Gasteiger partial charge in [-0.3, -0.25) is 0 Å². The smallest absolute Gasteiger partial charge is 0.158 e. The second-order valence-electron chi connectivity index (χ2n) is 1.48. The van der Waals surface area contributed by atoms with E-state index in [9.17, 15) is 0 Å². The summed E-state index contributed by atoms with van der Waals surface area (Å²) in [6.07, 6.45) is 0.632. The zero-order chi connectivity index (χ0) is 6.41. The Kier molecular flexibility index (Phi) is 4.95. The first-order valence-corrected chi connectivity index (χ1v) is 2.60. The van der Waals surface area contributed by atoms with Gasteiger partial charge in [0.1, 0.15) is 0 Å². The summed E-state index contributed by atoms with van der Waals surface area (Å²) in [6, 6.07) is 0. The summed E-state index contributed by atoms with van der Waals surface area (Å²) in [6.45, 7) is 0.604. The molecule has 2 N–H and O–H groups in total. The minimum Gasteiger partial charge on any atom is -0.356 e. The summed E-state index contributed by atoms with van der Waals surface area (Å²) in [5.41, 5.74) is 5.22. The maximum atomic E-state index is 5.22. The standard InChI is InChI=1S/C5H13NO2/c1-7-5(8-2)3-4-6/h5H,3-4,6H2,1-2H3. The summed E-state index contributed by atoms with van der Waals surface area (Å²) < 4.78 is 9.68. The highest BCUT2D eigenvalue weighted by Crippen LogP contribution is 1.93. The van der Waals surface area contributed by atoms with Crippen molar-refractivity contribution in [1.29, 1.82) is 0 Å². The molecule has 0 aromatic carbocycles. The second-order valence-corrected chi connectivity index (χ2v) is 1.48. The molecule has 0 atom stereocenters. The lowest BCUT2D eigenvalue weighted by Gasteiger charge is -2.10. The van der Waals surface area contributed by atoms with Crippen LogP contribution in [0.25, 0.3) is 0 Å². The Labute approximate surface area is 49.8 Å². The Balaban J connectivity index is 3.07. The average Bonchev–Trinajstić information content (AvgIpc) is 1.83. The number of nitrogens with two attached hydrogens (primary N) is 1. The van der Waals surface area contributed by atoms with Crippen molar-refractivity contribution in [3.63, 3.8) is 0 Å². The first-order valence-electron chi connectivity index (χ1n) is 2.60. The topological polar surface area (TPSA) is 44.5 Å². The van der Waals surface area contributed by atoms with Gasteiger partial charge in [-0.25, -0.2) is 0 Å². The molecule has 0 unspecified atom stereocenters. The van der Waals surface area contributed by atoms with E-state index in [0.717, 1.165) is 6.42 Å². The molecule has 8 heavy (non-hydrogen) atoms. The van der Waals surface area contributed by atoms with Crippen LogP contribution in [0.3, 0.4) is 0 Å². The van der Waals surface area contributed by atoms with Gasteiger partial charge in [0.05, 0.1) is 0 Å². The Morgan fingerprint density at radius 3 is 2.00 bits per heavy atom. The fourth-order valence-corrected chi connectivity index (χ4v) is 0.468. The fourth-order valence-electron chi connectivity index (χ4n) is 0.468. The SMILES string of the molecule is COC(CCN)OC. The van der Waals surface area contributed by atoms with Crippen LogP contribution in [-0.2, 0) is 9.47 Å². The number of methoxy groups -OCH3 is 2. The lowest BCUT2D eigenvalue weighted by molar-refractivity contribution is -0.104. The number of hydrogen-bond acceptors (Lipinski definition) is 3. The molecule has 0 heterocycles. The van der Waals surface area contributed by atoms with Gasteiger partial charge in [0.25, 0.3) is 0 Å². The molecule has 0 spiro atoms. The van der Waals surface area contributed by atoms with E-state index in [4.69, 9.17) is 15.2 Å². The fraction of sp³-hybridized carbons (Fsp3) is 1.00. The van der Waals surface area contributed by atoms with Crippen LogP contribution >= 0.6 is 0 Å². The molecule has 0 fully saturated rings. The van der Waals surface area contributed by atoms with Gasteiger partial charge in [0.15, 0.2) is 6.29 Å². The highest BCUT2D eigenvalue weighted by Gasteiger charge is 2.00. The zero-order valence-corrected chi connectivity index (χ0v) is 5.39. The maximum Gasteiger partial charge on any atom is 0.158 e. The number of rotatable bonds is 4. The van der Waals surface area contributed by atoms with Gasteiger partial charge in [-0.1, -0.05) is 0 Å². The Hall–Kier alpha value is -0.120. The van der Waals surface area contributed by atoms with E-state index >= 15 is 0 Å². The van der Waals surface area contributed by atoms with Crippen molar-refractivity contribution >= 4 is 0 Å². The van der Waals surface area contributed by atoms with E-state index in [-0.39, 0.29) is 6.29 Å². The van der Waals surface area contributed by atoms with E-state index < -0.39 is 0 Å². The molecule has 0 radical (unpaired) electrons. The normalized spacial score (nSPS) is 10.5. The van der Waals surface area contributed by atoms with Gasteiger partial charge < -0.3 is 15.2 Å². The van der Waals surface area contributed by atoms with Crippen LogP contribution in [0.1, 0.15) is 6.42 Å². The molecule has 0 saturated carbocycles. The monoisotopic (exact) mass is 119 g/mol. The van der Waals surface area contributed by atoms with Gasteiger partial charge >= 0.3 is 0 Å². The van der Waals surface area contributed by atoms with E-state index in [2.05, 4.69) is 0 Å². The van der Waals surface area contributed by atoms with Gasteiger partial charge in [-0.15, -0.1) is 0 Å². The van der Waals surface area contributed by atoms with Crippen LogP contribution < -0.4 is 5.73 Å². The van der Waals surface area contributed by atoms with Crippen LogP contribution in [0, 0.1) is 0 Å².